The van der Waals surface area contributed by atoms with E-state index < -0.39 is 29.8 Å². The molecule has 0 bridgehead atoms. The Morgan fingerprint density at radius 3 is 1.56 bits per heavy atom. The largest absolute Gasteiger partial charge is 0.302 e. The molecule has 0 fully saturated rings. The van der Waals surface area contributed by atoms with Crippen LogP contribution in [0.25, 0.3) is 0 Å². The Balaban J connectivity index is 3.37. The van der Waals surface area contributed by atoms with Crippen LogP contribution in [0.15, 0.2) is 34.1 Å². The Hall–Kier alpha value is -1.04. The van der Waals surface area contributed by atoms with Gasteiger partial charge in [-0.05, 0) is 18.2 Å². The van der Waals surface area contributed by atoms with Crippen molar-refractivity contribution in [2.24, 2.45) is 0 Å². The van der Waals surface area contributed by atoms with Crippen LogP contribution in [0.1, 0.15) is 0 Å². The maximum atomic E-state index is 11.1. The van der Waals surface area contributed by atoms with Crippen molar-refractivity contribution in [3.05, 3.63) is 24.3 Å². The van der Waals surface area contributed by atoms with Crippen molar-refractivity contribution in [3.8, 4) is 0 Å². The number of hydrogen-bond acceptors (Lipinski definition) is 6. The Bertz CT molecular complexity index is 530. The zero-order chi connectivity index (χ0) is 12.4. The highest BCUT2D eigenvalue weighted by Crippen LogP contribution is 2.14. The fraction of sp³-hybridized carbons (Fsp3) is 0. The summed E-state index contributed by atoms with van der Waals surface area (Å²) in [6.07, 6.45) is 0. The smallest absolute Gasteiger partial charge is 0.262 e. The van der Waals surface area contributed by atoms with Gasteiger partial charge in [0.2, 0.25) is 0 Å². The molecule has 16 heavy (non-hydrogen) atoms. The third-order valence-corrected chi connectivity index (χ3v) is 3.90. The molecule has 0 unspecified atom stereocenters. The molecule has 0 heterocycles. The molecular formula is C6H8N2O6S2. The summed E-state index contributed by atoms with van der Waals surface area (Å²) in [5.74, 6) is 0. The van der Waals surface area contributed by atoms with Crippen LogP contribution >= 0.6 is 0 Å². The zero-order valence-corrected chi connectivity index (χ0v) is 9.29. The van der Waals surface area contributed by atoms with E-state index in [0.717, 1.165) is 34.0 Å². The SMILES string of the molecule is O=S(=O)(NO)c1cccc(S(=O)(=O)NO)c1. The van der Waals surface area contributed by atoms with Gasteiger partial charge in [-0.1, -0.05) is 15.8 Å². The molecule has 1 aromatic rings. The van der Waals surface area contributed by atoms with E-state index in [1.807, 2.05) is 0 Å². The van der Waals surface area contributed by atoms with Crippen LogP contribution in [0.5, 0.6) is 0 Å². The van der Waals surface area contributed by atoms with Gasteiger partial charge >= 0.3 is 0 Å². The first kappa shape index (κ1) is 13.0. The van der Waals surface area contributed by atoms with Gasteiger partial charge in [-0.15, -0.1) is 0 Å². The minimum atomic E-state index is -4.16. The molecule has 0 amide bonds. The predicted molar refractivity (Wildman–Crippen MR) is 50.7 cm³/mol. The van der Waals surface area contributed by atoms with Gasteiger partial charge in [0, 0.05) is 0 Å². The Morgan fingerprint density at radius 1 is 0.875 bits per heavy atom. The Kier molecular flexibility index (Phi) is 3.62. The highest BCUT2D eigenvalue weighted by atomic mass is 32.2. The molecule has 10 heteroatoms. The molecule has 8 nitrogen and oxygen atoms in total. The monoisotopic (exact) mass is 268 g/mol. The minimum Gasteiger partial charge on any atom is -0.302 e. The van der Waals surface area contributed by atoms with Crippen molar-refractivity contribution in [2.45, 2.75) is 9.79 Å². The number of nitrogens with one attached hydrogen (secondary N) is 2. The lowest BCUT2D eigenvalue weighted by molar-refractivity contribution is 0.242. The molecule has 0 aliphatic heterocycles. The van der Waals surface area contributed by atoms with Gasteiger partial charge < -0.3 is 10.4 Å². The predicted octanol–water partition coefficient (Wildman–Crippen LogP) is -0.978. The van der Waals surface area contributed by atoms with Crippen LogP contribution in [0, 0.1) is 0 Å². The highest BCUT2D eigenvalue weighted by molar-refractivity contribution is 7.90. The maximum absolute atomic E-state index is 11.1. The van der Waals surface area contributed by atoms with Gasteiger partial charge in [-0.3, -0.25) is 0 Å². The standard InChI is InChI=1S/C6H8N2O6S2/c9-7-15(11,12)5-2-1-3-6(4-5)16(13,14)8-10/h1-4,7-10H. The minimum absolute atomic E-state index is 0.452. The van der Waals surface area contributed by atoms with Crippen LogP contribution in [0.3, 0.4) is 0 Å². The van der Waals surface area contributed by atoms with Crippen molar-refractivity contribution >= 4 is 20.0 Å². The van der Waals surface area contributed by atoms with Gasteiger partial charge in [0.15, 0.2) is 0 Å². The normalized spacial score (nSPS) is 12.6. The van der Waals surface area contributed by atoms with Crippen molar-refractivity contribution < 1.29 is 27.3 Å². The molecule has 0 saturated carbocycles. The summed E-state index contributed by atoms with van der Waals surface area (Å²) in [5.41, 5.74) is 0. The van der Waals surface area contributed by atoms with E-state index in [2.05, 4.69) is 0 Å². The summed E-state index contributed by atoms with van der Waals surface area (Å²) in [5, 5.41) is 16.7. The lowest BCUT2D eigenvalue weighted by Crippen LogP contribution is -2.22. The van der Waals surface area contributed by atoms with Crippen molar-refractivity contribution in [2.75, 3.05) is 0 Å². The first-order valence-electron chi connectivity index (χ1n) is 3.75. The molecular weight excluding hydrogens is 260 g/mol. The number of rotatable bonds is 4. The molecule has 1 rings (SSSR count). The lowest BCUT2D eigenvalue weighted by atomic mass is 10.4. The van der Waals surface area contributed by atoms with Crippen LogP contribution in [0.2, 0.25) is 0 Å². The van der Waals surface area contributed by atoms with Gasteiger partial charge in [-0.25, -0.2) is 16.8 Å². The van der Waals surface area contributed by atoms with Gasteiger partial charge in [0.25, 0.3) is 20.0 Å². The second kappa shape index (κ2) is 4.45. The van der Waals surface area contributed by atoms with Crippen LogP contribution in [-0.4, -0.2) is 27.3 Å². The number of hydrogen-bond donors (Lipinski definition) is 4. The topological polar surface area (TPSA) is 133 Å². The van der Waals surface area contributed by atoms with Gasteiger partial charge in [0.1, 0.15) is 0 Å². The average molecular weight is 268 g/mol. The van der Waals surface area contributed by atoms with Crippen molar-refractivity contribution in [1.82, 2.24) is 9.77 Å². The third kappa shape index (κ3) is 2.55. The molecule has 0 radical (unpaired) electrons. The van der Waals surface area contributed by atoms with E-state index >= 15 is 0 Å². The third-order valence-electron chi connectivity index (χ3n) is 1.67. The summed E-state index contributed by atoms with van der Waals surface area (Å²) in [4.78, 5) is 1.19. The fourth-order valence-electron chi connectivity index (χ4n) is 0.914. The lowest BCUT2D eigenvalue weighted by Gasteiger charge is -2.04. The average Bonchev–Trinajstić information content (AvgIpc) is 2.29. The van der Waals surface area contributed by atoms with Crippen molar-refractivity contribution in [1.29, 1.82) is 0 Å². The molecule has 0 atom stereocenters. The molecule has 0 saturated heterocycles. The molecule has 1 aromatic carbocycles. The van der Waals surface area contributed by atoms with E-state index in [0.29, 0.717) is 0 Å². The van der Waals surface area contributed by atoms with E-state index in [1.165, 1.54) is 0 Å². The Morgan fingerprint density at radius 2 is 1.25 bits per heavy atom. The van der Waals surface area contributed by atoms with Crippen molar-refractivity contribution in [3.63, 3.8) is 0 Å². The molecule has 4 N–H and O–H groups in total. The van der Waals surface area contributed by atoms with Crippen LogP contribution < -0.4 is 9.77 Å². The van der Waals surface area contributed by atoms with Gasteiger partial charge in [0.05, 0.1) is 9.79 Å². The first-order chi connectivity index (χ1) is 7.33. The van der Waals surface area contributed by atoms with E-state index in [-0.39, 0.29) is 0 Å². The summed E-state index contributed by atoms with van der Waals surface area (Å²) >= 11 is 0. The highest BCUT2D eigenvalue weighted by Gasteiger charge is 2.18. The quantitative estimate of drug-likeness (QED) is 0.519. The molecule has 0 spiro atoms. The maximum Gasteiger partial charge on any atom is 0.262 e. The molecule has 0 aliphatic carbocycles. The summed E-state index contributed by atoms with van der Waals surface area (Å²) in [6, 6.07) is 4.08. The first-order valence-corrected chi connectivity index (χ1v) is 6.72. The summed E-state index contributed by atoms with van der Waals surface area (Å²) in [6.45, 7) is 0. The summed E-state index contributed by atoms with van der Waals surface area (Å²) in [7, 11) is -8.31. The molecule has 90 valence electrons. The van der Waals surface area contributed by atoms with E-state index in [4.69, 9.17) is 10.4 Å². The molecule has 0 aromatic heterocycles. The van der Waals surface area contributed by atoms with Crippen LogP contribution in [0.4, 0.5) is 0 Å². The Labute approximate surface area is 91.5 Å². The second-order valence-corrected chi connectivity index (χ2v) is 5.99. The number of benzene rings is 1. The number of sulfonamides is 2. The second-order valence-electron chi connectivity index (χ2n) is 2.66. The zero-order valence-electron chi connectivity index (χ0n) is 7.65. The molecule has 0 aliphatic rings. The summed E-state index contributed by atoms with van der Waals surface area (Å²) < 4.78 is 44.5. The fourth-order valence-corrected chi connectivity index (χ4v) is 2.28. The van der Waals surface area contributed by atoms with E-state index in [9.17, 15) is 16.8 Å². The van der Waals surface area contributed by atoms with E-state index in [1.54, 1.807) is 0 Å². The van der Waals surface area contributed by atoms with Crippen LogP contribution in [-0.2, 0) is 20.0 Å². The van der Waals surface area contributed by atoms with Gasteiger partial charge in [-0.2, -0.15) is 0 Å².